The zero-order valence-corrected chi connectivity index (χ0v) is 13.7. The van der Waals surface area contributed by atoms with Crippen LogP contribution in [0.3, 0.4) is 0 Å². The van der Waals surface area contributed by atoms with Crippen molar-refractivity contribution in [3.63, 3.8) is 0 Å². The number of carbonyl (C=O) groups is 1. The van der Waals surface area contributed by atoms with Gasteiger partial charge in [-0.05, 0) is 30.6 Å². The Kier molecular flexibility index (Phi) is 6.93. The molecule has 1 N–H and O–H groups in total. The molecule has 1 amide bonds. The third-order valence-corrected chi connectivity index (χ3v) is 4.36. The fourth-order valence-electron chi connectivity index (χ4n) is 2.31. The Morgan fingerprint density at radius 2 is 2.10 bits per heavy atom. The maximum Gasteiger partial charge on any atom is 0.229 e. The van der Waals surface area contributed by atoms with Crippen molar-refractivity contribution in [3.8, 4) is 5.75 Å². The maximum absolute atomic E-state index is 11.5. The van der Waals surface area contributed by atoms with Gasteiger partial charge in [-0.2, -0.15) is 11.8 Å². The molecule has 1 aromatic carbocycles. The van der Waals surface area contributed by atoms with Gasteiger partial charge in [-0.1, -0.05) is 32.0 Å². The van der Waals surface area contributed by atoms with E-state index in [1.54, 1.807) is 18.9 Å². The van der Waals surface area contributed by atoms with Gasteiger partial charge in [-0.3, -0.25) is 4.79 Å². The van der Waals surface area contributed by atoms with E-state index in [1.807, 2.05) is 24.5 Å². The van der Waals surface area contributed by atoms with Crippen LogP contribution < -0.4 is 10.1 Å². The van der Waals surface area contributed by atoms with Crippen LogP contribution in [0.4, 0.5) is 0 Å². The molecule has 0 saturated heterocycles. The molecule has 1 rings (SSSR count). The highest BCUT2D eigenvalue weighted by Gasteiger charge is 2.27. The lowest BCUT2D eigenvalue weighted by molar-refractivity contribution is -0.118. The Labute approximate surface area is 126 Å². The van der Waals surface area contributed by atoms with E-state index < -0.39 is 0 Å². The van der Waals surface area contributed by atoms with Crippen molar-refractivity contribution in [1.29, 1.82) is 0 Å². The molecule has 0 fully saturated rings. The first-order chi connectivity index (χ1) is 9.57. The standard InChI is InChI=1S/C16H25NO2S/c1-5-16(2,10-11-17-15(18)12-20-4)13-8-6-7-9-14(13)19-3/h6-9H,5,10-12H2,1-4H3,(H,17,18). The molecular formula is C16H25NO2S. The van der Waals surface area contributed by atoms with Crippen LogP contribution >= 0.6 is 11.8 Å². The Bertz CT molecular complexity index is 436. The number of amides is 1. The molecule has 0 spiro atoms. The average molecular weight is 295 g/mol. The summed E-state index contributed by atoms with van der Waals surface area (Å²) in [7, 11) is 1.70. The van der Waals surface area contributed by atoms with Crippen molar-refractivity contribution >= 4 is 17.7 Å². The summed E-state index contributed by atoms with van der Waals surface area (Å²) in [5.74, 6) is 1.56. The Morgan fingerprint density at radius 1 is 1.40 bits per heavy atom. The molecule has 20 heavy (non-hydrogen) atoms. The van der Waals surface area contributed by atoms with E-state index in [1.165, 1.54) is 5.56 Å². The molecule has 1 aromatic rings. The highest BCUT2D eigenvalue weighted by molar-refractivity contribution is 7.99. The number of rotatable bonds is 8. The van der Waals surface area contributed by atoms with Crippen LogP contribution in [-0.2, 0) is 10.2 Å². The summed E-state index contributed by atoms with van der Waals surface area (Å²) in [6, 6.07) is 8.14. The second-order valence-electron chi connectivity index (χ2n) is 5.15. The predicted molar refractivity (Wildman–Crippen MR) is 86.6 cm³/mol. The maximum atomic E-state index is 11.5. The van der Waals surface area contributed by atoms with Gasteiger partial charge in [0.2, 0.25) is 5.91 Å². The van der Waals surface area contributed by atoms with Crippen LogP contribution in [-0.4, -0.2) is 31.6 Å². The number of thioether (sulfide) groups is 1. The summed E-state index contributed by atoms with van der Waals surface area (Å²) < 4.78 is 5.47. The topological polar surface area (TPSA) is 38.3 Å². The normalized spacial score (nSPS) is 13.6. The van der Waals surface area contributed by atoms with Crippen molar-refractivity contribution in [2.75, 3.05) is 25.7 Å². The van der Waals surface area contributed by atoms with E-state index >= 15 is 0 Å². The Balaban J connectivity index is 2.73. The van der Waals surface area contributed by atoms with Crippen LogP contribution in [0.1, 0.15) is 32.3 Å². The molecule has 112 valence electrons. The van der Waals surface area contributed by atoms with Gasteiger partial charge in [0.05, 0.1) is 12.9 Å². The highest BCUT2D eigenvalue weighted by atomic mass is 32.2. The highest BCUT2D eigenvalue weighted by Crippen LogP contribution is 2.36. The molecule has 0 aromatic heterocycles. The van der Waals surface area contributed by atoms with Crippen LogP contribution in [0.15, 0.2) is 24.3 Å². The van der Waals surface area contributed by atoms with Gasteiger partial charge in [0.1, 0.15) is 5.75 Å². The molecule has 0 radical (unpaired) electrons. The van der Waals surface area contributed by atoms with Crippen molar-refractivity contribution in [2.24, 2.45) is 0 Å². The number of methoxy groups -OCH3 is 1. The fraction of sp³-hybridized carbons (Fsp3) is 0.562. The van der Waals surface area contributed by atoms with Gasteiger partial charge < -0.3 is 10.1 Å². The third-order valence-electron chi connectivity index (χ3n) is 3.81. The third kappa shape index (κ3) is 4.44. The molecular weight excluding hydrogens is 270 g/mol. The minimum absolute atomic E-state index is 0.0131. The molecule has 1 unspecified atom stereocenters. The largest absolute Gasteiger partial charge is 0.496 e. The molecule has 0 bridgehead atoms. The smallest absolute Gasteiger partial charge is 0.229 e. The van der Waals surface area contributed by atoms with Crippen molar-refractivity contribution in [3.05, 3.63) is 29.8 Å². The minimum atomic E-state index is 0.0131. The van der Waals surface area contributed by atoms with Crippen LogP contribution in [0.2, 0.25) is 0 Å². The summed E-state index contributed by atoms with van der Waals surface area (Å²) in [4.78, 5) is 11.5. The monoisotopic (exact) mass is 295 g/mol. The van der Waals surface area contributed by atoms with Gasteiger partial charge >= 0.3 is 0 Å². The quantitative estimate of drug-likeness (QED) is 0.800. The fourth-order valence-corrected chi connectivity index (χ4v) is 2.67. The number of ether oxygens (including phenoxy) is 1. The number of nitrogens with one attached hydrogen (secondary N) is 1. The second-order valence-corrected chi connectivity index (χ2v) is 6.01. The SMILES string of the molecule is CCC(C)(CCNC(=O)CSC)c1ccccc1OC. The van der Waals surface area contributed by atoms with E-state index in [0.29, 0.717) is 12.3 Å². The lowest BCUT2D eigenvalue weighted by atomic mass is 9.77. The summed E-state index contributed by atoms with van der Waals surface area (Å²) in [5.41, 5.74) is 1.23. The van der Waals surface area contributed by atoms with Gasteiger partial charge in [0, 0.05) is 12.1 Å². The van der Waals surface area contributed by atoms with Gasteiger partial charge in [-0.25, -0.2) is 0 Å². The lowest BCUT2D eigenvalue weighted by Gasteiger charge is -2.30. The zero-order chi connectivity index (χ0) is 15.0. The molecule has 0 aliphatic heterocycles. The van der Waals surface area contributed by atoms with Crippen molar-refractivity contribution in [2.45, 2.75) is 32.1 Å². The Morgan fingerprint density at radius 3 is 2.70 bits per heavy atom. The molecule has 1 atom stereocenters. The van der Waals surface area contributed by atoms with E-state index in [-0.39, 0.29) is 11.3 Å². The second kappa shape index (κ2) is 8.20. The first-order valence-electron chi connectivity index (χ1n) is 6.96. The van der Waals surface area contributed by atoms with E-state index in [4.69, 9.17) is 4.74 Å². The van der Waals surface area contributed by atoms with Gasteiger partial charge in [-0.15, -0.1) is 0 Å². The first-order valence-corrected chi connectivity index (χ1v) is 8.36. The summed E-state index contributed by atoms with van der Waals surface area (Å²) in [6.45, 7) is 5.10. The van der Waals surface area contributed by atoms with Gasteiger partial charge in [0.25, 0.3) is 0 Å². The molecule has 0 aliphatic carbocycles. The number of carbonyl (C=O) groups excluding carboxylic acids is 1. The predicted octanol–water partition coefficient (Wildman–Crippen LogP) is 3.23. The van der Waals surface area contributed by atoms with E-state index in [2.05, 4.69) is 25.2 Å². The average Bonchev–Trinajstić information content (AvgIpc) is 2.47. The molecule has 0 heterocycles. The molecule has 4 heteroatoms. The molecule has 3 nitrogen and oxygen atoms in total. The van der Waals surface area contributed by atoms with Crippen LogP contribution in [0.5, 0.6) is 5.75 Å². The number of benzene rings is 1. The molecule has 0 saturated carbocycles. The molecule has 0 aliphatic rings. The zero-order valence-electron chi connectivity index (χ0n) is 12.9. The number of hydrogen-bond acceptors (Lipinski definition) is 3. The van der Waals surface area contributed by atoms with Gasteiger partial charge in [0.15, 0.2) is 0 Å². The summed E-state index contributed by atoms with van der Waals surface area (Å²) in [5, 5.41) is 2.98. The Hall–Kier alpha value is -1.16. The number of para-hydroxylation sites is 1. The summed E-state index contributed by atoms with van der Waals surface area (Å²) >= 11 is 1.54. The first kappa shape index (κ1) is 16.9. The van der Waals surface area contributed by atoms with E-state index in [0.717, 1.165) is 18.6 Å². The lowest BCUT2D eigenvalue weighted by Crippen LogP contribution is -2.32. The van der Waals surface area contributed by atoms with Crippen LogP contribution in [0, 0.1) is 0 Å². The van der Waals surface area contributed by atoms with Crippen molar-refractivity contribution < 1.29 is 9.53 Å². The van der Waals surface area contributed by atoms with Crippen molar-refractivity contribution in [1.82, 2.24) is 5.32 Å². The minimum Gasteiger partial charge on any atom is -0.496 e. The van der Waals surface area contributed by atoms with Crippen LogP contribution in [0.25, 0.3) is 0 Å². The summed E-state index contributed by atoms with van der Waals surface area (Å²) in [6.07, 6.45) is 3.85. The van der Waals surface area contributed by atoms with E-state index in [9.17, 15) is 4.79 Å². The number of hydrogen-bond donors (Lipinski definition) is 1.